The molecule has 0 spiro atoms. The van der Waals surface area contributed by atoms with Crippen molar-refractivity contribution in [2.75, 3.05) is 19.8 Å². The molecule has 2 rings (SSSR count). The number of nitrogens with one attached hydrogen (secondary N) is 1. The molecule has 0 aromatic carbocycles. The van der Waals surface area contributed by atoms with E-state index in [9.17, 15) is 5.11 Å². The van der Waals surface area contributed by atoms with Gasteiger partial charge in [0.25, 0.3) is 0 Å². The Labute approximate surface area is 115 Å². The van der Waals surface area contributed by atoms with E-state index in [1.807, 2.05) is 19.9 Å². The minimum absolute atomic E-state index is 0.176. The van der Waals surface area contributed by atoms with Gasteiger partial charge in [-0.1, -0.05) is 0 Å². The molecule has 0 amide bonds. The molecule has 1 fully saturated rings. The zero-order valence-corrected chi connectivity index (χ0v) is 12.1. The summed E-state index contributed by atoms with van der Waals surface area (Å²) in [6.45, 7) is 7.75. The highest BCUT2D eigenvalue weighted by Gasteiger charge is 2.21. The Hall–Kier alpha value is -0.840. The lowest BCUT2D eigenvalue weighted by atomic mass is 10.1. The number of aliphatic hydroxyl groups excluding tert-OH is 1. The first-order chi connectivity index (χ1) is 9.06. The van der Waals surface area contributed by atoms with E-state index < -0.39 is 6.10 Å². The van der Waals surface area contributed by atoms with Crippen molar-refractivity contribution in [2.24, 2.45) is 5.92 Å². The Bertz CT molecular complexity index is 398. The third-order valence-electron chi connectivity index (χ3n) is 3.57. The van der Waals surface area contributed by atoms with Crippen LogP contribution in [0.4, 0.5) is 0 Å². The second kappa shape index (κ2) is 6.55. The van der Waals surface area contributed by atoms with Crippen LogP contribution >= 0.6 is 0 Å². The summed E-state index contributed by atoms with van der Waals surface area (Å²) in [5, 5.41) is 13.2. The number of rotatable bonds is 8. The average Bonchev–Trinajstić information content (AvgIpc) is 3.11. The highest BCUT2D eigenvalue weighted by Crippen LogP contribution is 2.28. The van der Waals surface area contributed by atoms with E-state index in [1.54, 1.807) is 0 Å². The molecule has 1 aliphatic carbocycles. The topological polar surface area (TPSA) is 54.6 Å². The minimum Gasteiger partial charge on any atom is -0.466 e. The minimum atomic E-state index is -0.450. The van der Waals surface area contributed by atoms with Crippen molar-refractivity contribution in [1.29, 1.82) is 0 Å². The molecule has 4 heteroatoms. The van der Waals surface area contributed by atoms with E-state index in [0.717, 1.165) is 29.6 Å². The molecule has 108 valence electrons. The van der Waals surface area contributed by atoms with Crippen LogP contribution in [0, 0.1) is 19.8 Å². The summed E-state index contributed by atoms with van der Waals surface area (Å²) in [5.74, 6) is 2.61. The largest absolute Gasteiger partial charge is 0.466 e. The SMILES string of the molecule is Cc1cc(C(C)NCC(O)COCC2CC2)c(C)o1. The first-order valence-electron chi connectivity index (χ1n) is 7.12. The maximum absolute atomic E-state index is 9.84. The second-order valence-corrected chi connectivity index (χ2v) is 5.63. The predicted octanol–water partition coefficient (Wildman–Crippen LogP) is 2.33. The number of hydrogen-bond donors (Lipinski definition) is 2. The summed E-state index contributed by atoms with van der Waals surface area (Å²) in [4.78, 5) is 0. The summed E-state index contributed by atoms with van der Waals surface area (Å²) < 4.78 is 11.0. The zero-order chi connectivity index (χ0) is 13.8. The van der Waals surface area contributed by atoms with Crippen LogP contribution in [-0.4, -0.2) is 31.0 Å². The van der Waals surface area contributed by atoms with E-state index >= 15 is 0 Å². The van der Waals surface area contributed by atoms with Crippen LogP contribution in [0.3, 0.4) is 0 Å². The highest BCUT2D eigenvalue weighted by atomic mass is 16.5. The van der Waals surface area contributed by atoms with Crippen molar-refractivity contribution >= 4 is 0 Å². The molecule has 0 radical (unpaired) electrons. The number of furan rings is 1. The number of hydrogen-bond acceptors (Lipinski definition) is 4. The fraction of sp³-hybridized carbons (Fsp3) is 0.733. The van der Waals surface area contributed by atoms with Crippen LogP contribution in [0.2, 0.25) is 0 Å². The monoisotopic (exact) mass is 267 g/mol. The molecule has 0 saturated heterocycles. The van der Waals surface area contributed by atoms with Crippen molar-refractivity contribution in [3.8, 4) is 0 Å². The Kier molecular flexibility index (Phi) is 5.02. The van der Waals surface area contributed by atoms with Crippen molar-refractivity contribution < 1.29 is 14.3 Å². The van der Waals surface area contributed by atoms with Gasteiger partial charge in [-0.25, -0.2) is 0 Å². The van der Waals surface area contributed by atoms with Crippen LogP contribution in [0.1, 0.15) is 42.9 Å². The van der Waals surface area contributed by atoms with Gasteiger partial charge in [0.1, 0.15) is 11.5 Å². The molecular weight excluding hydrogens is 242 g/mol. The lowest BCUT2D eigenvalue weighted by Gasteiger charge is -2.17. The highest BCUT2D eigenvalue weighted by molar-refractivity contribution is 5.23. The van der Waals surface area contributed by atoms with Gasteiger partial charge in [-0.2, -0.15) is 0 Å². The predicted molar refractivity (Wildman–Crippen MR) is 74.1 cm³/mol. The van der Waals surface area contributed by atoms with Crippen LogP contribution in [-0.2, 0) is 4.74 Å². The summed E-state index contributed by atoms with van der Waals surface area (Å²) in [5.41, 5.74) is 1.16. The maximum Gasteiger partial charge on any atom is 0.105 e. The fourth-order valence-corrected chi connectivity index (χ4v) is 2.22. The second-order valence-electron chi connectivity index (χ2n) is 5.63. The Morgan fingerprint density at radius 1 is 1.47 bits per heavy atom. The molecule has 1 aromatic heterocycles. The summed E-state index contributed by atoms with van der Waals surface area (Å²) in [7, 11) is 0. The number of aryl methyl sites for hydroxylation is 2. The van der Waals surface area contributed by atoms with Gasteiger partial charge in [0.15, 0.2) is 0 Å². The molecule has 0 aliphatic heterocycles. The number of ether oxygens (including phenoxy) is 1. The lowest BCUT2D eigenvalue weighted by molar-refractivity contribution is 0.0315. The Morgan fingerprint density at radius 3 is 2.79 bits per heavy atom. The third kappa shape index (κ3) is 4.64. The van der Waals surface area contributed by atoms with Crippen molar-refractivity contribution in [3.05, 3.63) is 23.2 Å². The molecule has 19 heavy (non-hydrogen) atoms. The summed E-state index contributed by atoms with van der Waals surface area (Å²) in [6.07, 6.45) is 2.11. The summed E-state index contributed by atoms with van der Waals surface area (Å²) in [6, 6.07) is 2.22. The summed E-state index contributed by atoms with van der Waals surface area (Å²) >= 11 is 0. The quantitative estimate of drug-likeness (QED) is 0.759. The normalized spacial score (nSPS) is 18.5. The standard InChI is InChI=1S/C15H25NO3/c1-10-6-15(12(3)19-10)11(2)16-7-14(17)9-18-8-13-4-5-13/h6,11,13-14,16-17H,4-5,7-9H2,1-3H3. The van der Waals surface area contributed by atoms with Gasteiger partial charge < -0.3 is 19.6 Å². The van der Waals surface area contributed by atoms with E-state index in [1.165, 1.54) is 12.8 Å². The molecule has 2 N–H and O–H groups in total. The van der Waals surface area contributed by atoms with Gasteiger partial charge in [-0.05, 0) is 45.6 Å². The van der Waals surface area contributed by atoms with Crippen LogP contribution in [0.5, 0.6) is 0 Å². The van der Waals surface area contributed by atoms with Gasteiger partial charge in [-0.3, -0.25) is 0 Å². The first kappa shape index (κ1) is 14.6. The molecule has 2 unspecified atom stereocenters. The van der Waals surface area contributed by atoms with Gasteiger partial charge in [0.2, 0.25) is 0 Å². The first-order valence-corrected chi connectivity index (χ1v) is 7.12. The van der Waals surface area contributed by atoms with Gasteiger partial charge in [0.05, 0.1) is 12.7 Å². The smallest absolute Gasteiger partial charge is 0.105 e. The molecule has 1 saturated carbocycles. The fourth-order valence-electron chi connectivity index (χ4n) is 2.22. The van der Waals surface area contributed by atoms with Crippen molar-refractivity contribution in [1.82, 2.24) is 5.32 Å². The number of aliphatic hydroxyl groups is 1. The average molecular weight is 267 g/mol. The van der Waals surface area contributed by atoms with E-state index in [0.29, 0.717) is 13.2 Å². The molecular formula is C15H25NO3. The van der Waals surface area contributed by atoms with E-state index in [4.69, 9.17) is 9.15 Å². The van der Waals surface area contributed by atoms with Gasteiger partial charge in [-0.15, -0.1) is 0 Å². The van der Waals surface area contributed by atoms with Crippen molar-refractivity contribution in [2.45, 2.75) is 45.8 Å². The van der Waals surface area contributed by atoms with Crippen LogP contribution in [0.25, 0.3) is 0 Å². The molecule has 0 bridgehead atoms. The van der Waals surface area contributed by atoms with Crippen LogP contribution < -0.4 is 5.32 Å². The maximum atomic E-state index is 9.84. The third-order valence-corrected chi connectivity index (χ3v) is 3.57. The zero-order valence-electron chi connectivity index (χ0n) is 12.1. The molecule has 4 nitrogen and oxygen atoms in total. The Balaban J connectivity index is 1.66. The Morgan fingerprint density at radius 2 is 2.21 bits per heavy atom. The van der Waals surface area contributed by atoms with E-state index in [2.05, 4.69) is 12.2 Å². The van der Waals surface area contributed by atoms with Crippen molar-refractivity contribution in [3.63, 3.8) is 0 Å². The van der Waals surface area contributed by atoms with Gasteiger partial charge in [0, 0.05) is 24.8 Å². The molecule has 1 aliphatic rings. The lowest BCUT2D eigenvalue weighted by Crippen LogP contribution is -2.32. The van der Waals surface area contributed by atoms with E-state index in [-0.39, 0.29) is 6.04 Å². The molecule has 2 atom stereocenters. The van der Waals surface area contributed by atoms with Gasteiger partial charge >= 0.3 is 0 Å². The molecule has 1 heterocycles. The van der Waals surface area contributed by atoms with Crippen LogP contribution in [0.15, 0.2) is 10.5 Å². The molecule has 1 aromatic rings.